The number of hydrogen-bond acceptors (Lipinski definition) is 6. The van der Waals surface area contributed by atoms with Crippen molar-refractivity contribution in [2.45, 2.75) is 98.1 Å². The van der Waals surface area contributed by atoms with Gasteiger partial charge in [0.2, 0.25) is 17.7 Å². The second kappa shape index (κ2) is 13.8. The van der Waals surface area contributed by atoms with E-state index in [1.54, 1.807) is 46.9 Å². The molecule has 0 radical (unpaired) electrons. The Morgan fingerprint density at radius 1 is 0.750 bits per heavy atom. The van der Waals surface area contributed by atoms with Gasteiger partial charge in [0.05, 0.1) is 6.04 Å². The lowest BCUT2D eigenvalue weighted by molar-refractivity contribution is -0.297. The van der Waals surface area contributed by atoms with Crippen molar-refractivity contribution >= 4 is 23.6 Å². The van der Waals surface area contributed by atoms with Crippen molar-refractivity contribution in [3.63, 3.8) is 0 Å². The molecule has 0 aliphatic heterocycles. The summed E-state index contributed by atoms with van der Waals surface area (Å²) < 4.78 is 29.1. The van der Waals surface area contributed by atoms with Gasteiger partial charge in [-0.3, -0.25) is 19.2 Å². The molecule has 0 rings (SSSR count). The minimum atomic E-state index is -4.64. The van der Waals surface area contributed by atoms with Gasteiger partial charge in [-0.1, -0.05) is 55.4 Å². The van der Waals surface area contributed by atoms with Crippen LogP contribution in [0.5, 0.6) is 0 Å². The standard InChI is InChI=1S/C24H44F2N4O6/c1-12(2)10-16(24(35,36)23(25,26)22(34)27-9)28-20(32)19(15(7)8)30-21(33)18(14(5)6)29-17(31)11-13(3)4/h12-16,18-19,35-36H,10-11H2,1-9H3,(H,27,34)(H,28,32)(H,29,31)(H,30,33)/t16-,18+,19+/m1/s1. The molecule has 3 atom stereocenters. The van der Waals surface area contributed by atoms with Crippen molar-refractivity contribution in [2.24, 2.45) is 23.7 Å². The smallest absolute Gasteiger partial charge is 0.359 e. The van der Waals surface area contributed by atoms with Crippen molar-refractivity contribution < 1.29 is 38.2 Å². The van der Waals surface area contributed by atoms with Crippen molar-refractivity contribution in [1.82, 2.24) is 21.3 Å². The van der Waals surface area contributed by atoms with Crippen LogP contribution in [0.25, 0.3) is 0 Å². The van der Waals surface area contributed by atoms with Gasteiger partial charge >= 0.3 is 5.92 Å². The predicted octanol–water partition coefficient (Wildman–Crippen LogP) is 0.907. The zero-order chi connectivity index (χ0) is 28.6. The Labute approximate surface area is 212 Å². The van der Waals surface area contributed by atoms with Gasteiger partial charge in [-0.2, -0.15) is 8.78 Å². The van der Waals surface area contributed by atoms with Crippen LogP contribution in [0.15, 0.2) is 0 Å². The third kappa shape index (κ3) is 9.27. The molecule has 0 saturated heterocycles. The first kappa shape index (κ1) is 33.7. The van der Waals surface area contributed by atoms with Crippen LogP contribution in [-0.4, -0.2) is 70.7 Å². The number of carbonyl (C=O) groups is 4. The van der Waals surface area contributed by atoms with Gasteiger partial charge in [0.25, 0.3) is 11.7 Å². The zero-order valence-corrected chi connectivity index (χ0v) is 22.7. The Balaban J connectivity index is 5.90. The van der Waals surface area contributed by atoms with Gasteiger partial charge < -0.3 is 31.5 Å². The first-order valence-corrected chi connectivity index (χ1v) is 12.2. The van der Waals surface area contributed by atoms with Crippen LogP contribution in [0.1, 0.15) is 68.2 Å². The summed E-state index contributed by atoms with van der Waals surface area (Å²) in [5, 5.41) is 29.7. The number of nitrogens with one attached hydrogen (secondary N) is 4. The highest BCUT2D eigenvalue weighted by molar-refractivity contribution is 5.92. The van der Waals surface area contributed by atoms with E-state index in [1.807, 2.05) is 13.8 Å². The molecule has 0 saturated carbocycles. The average Bonchev–Trinajstić information content (AvgIpc) is 2.72. The minimum absolute atomic E-state index is 0.0677. The highest BCUT2D eigenvalue weighted by Gasteiger charge is 2.62. The number of halogens is 2. The lowest BCUT2D eigenvalue weighted by Gasteiger charge is -2.38. The molecule has 210 valence electrons. The largest absolute Gasteiger partial charge is 0.378 e. The molecule has 12 heteroatoms. The maximum atomic E-state index is 14.5. The summed E-state index contributed by atoms with van der Waals surface area (Å²) in [6, 6.07) is -4.15. The van der Waals surface area contributed by atoms with Gasteiger partial charge in [0.1, 0.15) is 12.1 Å². The fourth-order valence-corrected chi connectivity index (χ4v) is 3.52. The molecule has 10 nitrogen and oxygen atoms in total. The molecule has 0 aliphatic carbocycles. The summed E-state index contributed by atoms with van der Waals surface area (Å²) in [5.74, 6) is -13.6. The van der Waals surface area contributed by atoms with Crippen LogP contribution in [0.4, 0.5) is 8.78 Å². The highest BCUT2D eigenvalue weighted by atomic mass is 19.3. The number of carbonyl (C=O) groups excluding carboxylic acids is 4. The molecule has 0 aromatic rings. The average molecular weight is 523 g/mol. The molecule has 0 fully saturated rings. The van der Waals surface area contributed by atoms with E-state index in [9.17, 15) is 38.2 Å². The SMILES string of the molecule is CNC(=O)C(F)(F)C(O)(O)[C@@H](CC(C)C)NC(=O)[C@@H](NC(=O)[C@@H](NC(=O)CC(C)C)C(C)C)C(C)C. The highest BCUT2D eigenvalue weighted by Crippen LogP contribution is 2.32. The van der Waals surface area contributed by atoms with E-state index in [2.05, 4.69) is 16.0 Å². The number of alkyl halides is 2. The summed E-state index contributed by atoms with van der Waals surface area (Å²) in [5.41, 5.74) is 0. The van der Waals surface area contributed by atoms with E-state index < -0.39 is 53.5 Å². The number of aliphatic hydroxyl groups is 2. The van der Waals surface area contributed by atoms with E-state index in [-0.39, 0.29) is 36.5 Å². The molecule has 0 heterocycles. The lowest BCUT2D eigenvalue weighted by atomic mass is 9.90. The van der Waals surface area contributed by atoms with Crippen LogP contribution in [0.2, 0.25) is 0 Å². The minimum Gasteiger partial charge on any atom is -0.359 e. The summed E-state index contributed by atoms with van der Waals surface area (Å²) in [6.07, 6.45) is -0.0971. The molecule has 0 unspecified atom stereocenters. The maximum absolute atomic E-state index is 14.5. The van der Waals surface area contributed by atoms with Gasteiger partial charge in [-0.25, -0.2) is 0 Å². The number of hydrogen-bond donors (Lipinski definition) is 6. The van der Waals surface area contributed by atoms with Crippen LogP contribution in [0, 0.1) is 23.7 Å². The molecular weight excluding hydrogens is 478 g/mol. The maximum Gasteiger partial charge on any atom is 0.378 e. The van der Waals surface area contributed by atoms with Gasteiger partial charge in [0.15, 0.2) is 0 Å². The predicted molar refractivity (Wildman–Crippen MR) is 131 cm³/mol. The summed E-state index contributed by atoms with van der Waals surface area (Å²) >= 11 is 0. The molecule has 0 aromatic carbocycles. The second-order valence-corrected chi connectivity index (χ2v) is 10.7. The normalized spacial score (nSPS) is 15.0. The van der Waals surface area contributed by atoms with E-state index in [0.717, 1.165) is 7.05 Å². The van der Waals surface area contributed by atoms with Gasteiger partial charge in [0, 0.05) is 13.5 Å². The first-order valence-electron chi connectivity index (χ1n) is 12.2. The Morgan fingerprint density at radius 2 is 1.19 bits per heavy atom. The molecule has 6 N–H and O–H groups in total. The number of amides is 4. The van der Waals surface area contributed by atoms with E-state index in [4.69, 9.17) is 0 Å². The summed E-state index contributed by atoms with van der Waals surface area (Å²) in [6.45, 7) is 13.6. The van der Waals surface area contributed by atoms with E-state index >= 15 is 0 Å². The fraction of sp³-hybridized carbons (Fsp3) is 0.833. The van der Waals surface area contributed by atoms with Crippen LogP contribution in [-0.2, 0) is 19.2 Å². The molecule has 36 heavy (non-hydrogen) atoms. The summed E-state index contributed by atoms with van der Waals surface area (Å²) in [4.78, 5) is 50.0. The quantitative estimate of drug-likeness (QED) is 0.186. The molecule has 0 bridgehead atoms. The molecular formula is C24H44F2N4O6. The topological polar surface area (TPSA) is 157 Å². The third-order valence-corrected chi connectivity index (χ3v) is 5.59. The Kier molecular flexibility index (Phi) is 12.9. The Morgan fingerprint density at radius 3 is 1.58 bits per heavy atom. The zero-order valence-electron chi connectivity index (χ0n) is 22.7. The lowest BCUT2D eigenvalue weighted by Crippen LogP contribution is -2.68. The molecule has 0 spiro atoms. The van der Waals surface area contributed by atoms with Gasteiger partial charge in [-0.05, 0) is 30.1 Å². The van der Waals surface area contributed by atoms with Crippen LogP contribution >= 0.6 is 0 Å². The monoisotopic (exact) mass is 522 g/mol. The van der Waals surface area contributed by atoms with Crippen molar-refractivity contribution in [3.05, 3.63) is 0 Å². The van der Waals surface area contributed by atoms with Gasteiger partial charge in [-0.15, -0.1) is 0 Å². The fourth-order valence-electron chi connectivity index (χ4n) is 3.52. The number of rotatable bonds is 14. The van der Waals surface area contributed by atoms with Crippen LogP contribution < -0.4 is 21.3 Å². The molecule has 0 aliphatic rings. The molecule has 0 aromatic heterocycles. The second-order valence-electron chi connectivity index (χ2n) is 10.7. The van der Waals surface area contributed by atoms with Crippen LogP contribution in [0.3, 0.4) is 0 Å². The van der Waals surface area contributed by atoms with Crippen molar-refractivity contribution in [2.75, 3.05) is 7.05 Å². The van der Waals surface area contributed by atoms with Crippen molar-refractivity contribution in [1.29, 1.82) is 0 Å². The van der Waals surface area contributed by atoms with Crippen molar-refractivity contribution in [3.8, 4) is 0 Å². The third-order valence-electron chi connectivity index (χ3n) is 5.59. The van der Waals surface area contributed by atoms with E-state index in [0.29, 0.717) is 0 Å². The summed E-state index contributed by atoms with van der Waals surface area (Å²) in [7, 11) is 0.914. The first-order chi connectivity index (χ1) is 16.3. The Bertz CT molecular complexity index is 772. The molecule has 4 amide bonds. The van der Waals surface area contributed by atoms with E-state index in [1.165, 1.54) is 0 Å². The Hall–Kier alpha value is -2.34.